The van der Waals surface area contributed by atoms with Crippen molar-refractivity contribution in [2.24, 2.45) is 0 Å². The molecule has 3 aromatic rings. The Hall–Kier alpha value is -1.96. The monoisotopic (exact) mass is 409 g/mol. The Morgan fingerprint density at radius 3 is 2.50 bits per heavy atom. The van der Waals surface area contributed by atoms with E-state index in [9.17, 15) is 4.79 Å². The van der Waals surface area contributed by atoms with E-state index in [4.69, 9.17) is 23.2 Å². The third-order valence-corrected chi connectivity index (χ3v) is 5.08. The van der Waals surface area contributed by atoms with Crippen LogP contribution in [-0.4, -0.2) is 31.2 Å². The van der Waals surface area contributed by atoms with E-state index in [2.05, 4.69) is 22.4 Å². The maximum absolute atomic E-state index is 12.3. The Balaban J connectivity index is 1.73. The van der Waals surface area contributed by atoms with Crippen molar-refractivity contribution in [1.29, 1.82) is 0 Å². The summed E-state index contributed by atoms with van der Waals surface area (Å²) in [5, 5.41) is 12.7. The minimum absolute atomic E-state index is 0.160. The lowest BCUT2D eigenvalue weighted by Crippen LogP contribution is -2.16. The molecule has 0 aliphatic heterocycles. The van der Waals surface area contributed by atoms with Gasteiger partial charge in [-0.15, -0.1) is 10.2 Å². The largest absolute Gasteiger partial charge is 0.323 e. The van der Waals surface area contributed by atoms with Crippen LogP contribution in [0.2, 0.25) is 10.0 Å². The Labute approximate surface area is 165 Å². The predicted octanol–water partition coefficient (Wildman–Crippen LogP) is 4.38. The quantitative estimate of drug-likeness (QED) is 0.587. The summed E-state index contributed by atoms with van der Waals surface area (Å²) in [6.07, 6.45) is 5.58. The van der Waals surface area contributed by atoms with Gasteiger partial charge >= 0.3 is 0 Å². The summed E-state index contributed by atoms with van der Waals surface area (Å²) in [5.41, 5.74) is 0.417. The molecule has 0 saturated heterocycles. The molecule has 26 heavy (non-hydrogen) atoms. The number of para-hydroxylation sites is 1. The molecular weight excluding hydrogens is 393 g/mol. The average molecular weight is 410 g/mol. The van der Waals surface area contributed by atoms with Crippen LogP contribution in [0.15, 0.2) is 47.9 Å². The van der Waals surface area contributed by atoms with Gasteiger partial charge in [0, 0.05) is 18.8 Å². The lowest BCUT2D eigenvalue weighted by atomic mass is 10.3. The third-order valence-electron chi connectivity index (χ3n) is 3.53. The van der Waals surface area contributed by atoms with Gasteiger partial charge in [-0.25, -0.2) is 4.68 Å². The number of halogens is 2. The molecule has 3 rings (SSSR count). The van der Waals surface area contributed by atoms with Crippen LogP contribution in [0.1, 0.15) is 19.2 Å². The van der Waals surface area contributed by atoms with Crippen molar-refractivity contribution in [3.63, 3.8) is 0 Å². The zero-order valence-electron chi connectivity index (χ0n) is 14.0. The first-order valence-electron chi connectivity index (χ1n) is 8.04. The van der Waals surface area contributed by atoms with Gasteiger partial charge in [0.1, 0.15) is 0 Å². The first-order valence-corrected chi connectivity index (χ1v) is 9.79. The Morgan fingerprint density at radius 2 is 1.85 bits per heavy atom. The number of aryl methyl sites for hydroxylation is 1. The van der Waals surface area contributed by atoms with Gasteiger partial charge in [-0.3, -0.25) is 9.47 Å². The Kier molecular flexibility index (Phi) is 6.24. The fourth-order valence-corrected chi connectivity index (χ4v) is 3.62. The van der Waals surface area contributed by atoms with Crippen molar-refractivity contribution in [3.8, 4) is 0 Å². The molecule has 0 spiro atoms. The highest BCUT2D eigenvalue weighted by molar-refractivity contribution is 7.99. The lowest BCUT2D eigenvalue weighted by Gasteiger charge is -2.11. The van der Waals surface area contributed by atoms with Gasteiger partial charge in [0.25, 0.3) is 0 Å². The standard InChI is InChI=1S/C17H17Cl2N5OS/c1-2-6-14-21-22-17(24(14)23-9-3-4-10-23)26-11-15(25)20-16-12(18)7-5-8-13(16)19/h3-5,7-10H,2,6,11H2,1H3,(H,20,25). The summed E-state index contributed by atoms with van der Waals surface area (Å²) in [5.74, 6) is 0.789. The summed E-state index contributed by atoms with van der Waals surface area (Å²) >= 11 is 13.5. The minimum atomic E-state index is -0.218. The first-order chi connectivity index (χ1) is 12.6. The maximum atomic E-state index is 12.3. The molecule has 0 unspecified atom stereocenters. The lowest BCUT2D eigenvalue weighted by molar-refractivity contribution is -0.113. The molecule has 0 saturated carbocycles. The number of hydrogen-bond acceptors (Lipinski definition) is 4. The summed E-state index contributed by atoms with van der Waals surface area (Å²) < 4.78 is 3.81. The van der Waals surface area contributed by atoms with Crippen molar-refractivity contribution in [2.45, 2.75) is 24.9 Å². The summed E-state index contributed by atoms with van der Waals surface area (Å²) in [7, 11) is 0. The van der Waals surface area contributed by atoms with Gasteiger partial charge in [-0.1, -0.05) is 48.0 Å². The molecule has 0 aliphatic rings. The molecule has 1 amide bonds. The van der Waals surface area contributed by atoms with E-state index in [-0.39, 0.29) is 11.7 Å². The molecule has 0 radical (unpaired) electrons. The number of anilines is 1. The van der Waals surface area contributed by atoms with Crippen LogP contribution in [-0.2, 0) is 11.2 Å². The van der Waals surface area contributed by atoms with Gasteiger partial charge in [0.05, 0.1) is 21.5 Å². The van der Waals surface area contributed by atoms with Crippen LogP contribution in [0.5, 0.6) is 0 Å². The molecule has 0 aliphatic carbocycles. The van der Waals surface area contributed by atoms with E-state index in [1.807, 2.05) is 33.9 Å². The predicted molar refractivity (Wildman–Crippen MR) is 105 cm³/mol. The number of nitrogens with one attached hydrogen (secondary N) is 1. The molecule has 1 N–H and O–H groups in total. The Morgan fingerprint density at radius 1 is 1.15 bits per heavy atom. The zero-order valence-corrected chi connectivity index (χ0v) is 16.4. The SMILES string of the molecule is CCCc1nnc(SCC(=O)Nc2c(Cl)cccc2Cl)n1-n1cccc1. The number of carbonyl (C=O) groups excluding carboxylic acids is 1. The van der Waals surface area contributed by atoms with Crippen molar-refractivity contribution < 1.29 is 4.79 Å². The molecule has 6 nitrogen and oxygen atoms in total. The first kappa shape index (κ1) is 18.8. The molecule has 0 atom stereocenters. The van der Waals surface area contributed by atoms with Crippen molar-refractivity contribution in [1.82, 2.24) is 19.5 Å². The number of amides is 1. The number of aromatic nitrogens is 4. The van der Waals surface area contributed by atoms with E-state index >= 15 is 0 Å². The summed E-state index contributed by atoms with van der Waals surface area (Å²) in [6.45, 7) is 2.09. The fraction of sp³-hybridized carbons (Fsp3) is 0.235. The van der Waals surface area contributed by atoms with E-state index in [1.54, 1.807) is 18.2 Å². The molecular formula is C17H17Cl2N5OS. The van der Waals surface area contributed by atoms with Gasteiger partial charge in [0.15, 0.2) is 5.82 Å². The second-order valence-corrected chi connectivity index (χ2v) is 7.21. The normalized spacial score (nSPS) is 10.9. The molecule has 0 fully saturated rings. The van der Waals surface area contributed by atoms with Crippen molar-refractivity contribution in [3.05, 3.63) is 58.6 Å². The van der Waals surface area contributed by atoms with Gasteiger partial charge in [-0.2, -0.15) is 0 Å². The minimum Gasteiger partial charge on any atom is -0.323 e. The number of benzene rings is 1. The smallest absolute Gasteiger partial charge is 0.234 e. The van der Waals surface area contributed by atoms with Crippen LogP contribution >= 0.6 is 35.0 Å². The average Bonchev–Trinajstić information content (AvgIpc) is 3.26. The number of thioether (sulfide) groups is 1. The second kappa shape index (κ2) is 8.62. The summed E-state index contributed by atoms with van der Waals surface area (Å²) in [6, 6.07) is 8.93. The van der Waals surface area contributed by atoms with Crippen LogP contribution in [0.25, 0.3) is 0 Å². The van der Waals surface area contributed by atoms with Crippen molar-refractivity contribution >= 4 is 46.6 Å². The number of nitrogens with zero attached hydrogens (tertiary/aromatic N) is 4. The number of rotatable bonds is 7. The number of carbonyl (C=O) groups is 1. The van der Waals surface area contributed by atoms with Crippen LogP contribution < -0.4 is 5.32 Å². The fourth-order valence-electron chi connectivity index (χ4n) is 2.38. The topological polar surface area (TPSA) is 64.7 Å². The van der Waals surface area contributed by atoms with E-state index < -0.39 is 0 Å². The van der Waals surface area contributed by atoms with Gasteiger partial charge in [0.2, 0.25) is 11.1 Å². The maximum Gasteiger partial charge on any atom is 0.234 e. The van der Waals surface area contributed by atoms with Gasteiger partial charge < -0.3 is 5.32 Å². The molecule has 1 aromatic carbocycles. The molecule has 2 aromatic heterocycles. The van der Waals surface area contributed by atoms with Crippen molar-refractivity contribution in [2.75, 3.05) is 11.1 Å². The van der Waals surface area contributed by atoms with Crippen LogP contribution in [0.3, 0.4) is 0 Å². The van der Waals surface area contributed by atoms with Crippen LogP contribution in [0, 0.1) is 0 Å². The molecule has 136 valence electrons. The van der Waals surface area contributed by atoms with E-state index in [0.29, 0.717) is 20.9 Å². The van der Waals surface area contributed by atoms with Gasteiger partial charge in [-0.05, 0) is 30.7 Å². The second-order valence-electron chi connectivity index (χ2n) is 5.46. The van der Waals surface area contributed by atoms with Crippen LogP contribution in [0.4, 0.5) is 5.69 Å². The summed E-state index contributed by atoms with van der Waals surface area (Å²) in [4.78, 5) is 12.3. The molecule has 9 heteroatoms. The highest BCUT2D eigenvalue weighted by Gasteiger charge is 2.16. The highest BCUT2D eigenvalue weighted by Crippen LogP contribution is 2.30. The van der Waals surface area contributed by atoms with E-state index in [0.717, 1.165) is 18.7 Å². The Bertz CT molecular complexity index is 874. The number of hydrogen-bond donors (Lipinski definition) is 1. The zero-order chi connectivity index (χ0) is 18.5. The third kappa shape index (κ3) is 4.23. The van der Waals surface area contributed by atoms with E-state index in [1.165, 1.54) is 11.8 Å². The molecule has 0 bridgehead atoms. The molecule has 2 heterocycles. The highest BCUT2D eigenvalue weighted by atomic mass is 35.5.